The molecule has 0 aromatic rings. The van der Waals surface area contributed by atoms with Crippen LogP contribution >= 0.6 is 6.64 Å². The molecule has 9 heteroatoms. The van der Waals surface area contributed by atoms with Gasteiger partial charge in [0.25, 0.3) is 12.5 Å². The summed E-state index contributed by atoms with van der Waals surface area (Å²) in [6, 6.07) is -0.904. The van der Waals surface area contributed by atoms with Crippen molar-refractivity contribution >= 4 is 30.4 Å². The van der Waals surface area contributed by atoms with Gasteiger partial charge in [-0.3, -0.25) is 9.46 Å². The zero-order valence-electron chi connectivity index (χ0n) is 6.25. The van der Waals surface area contributed by atoms with Crippen molar-refractivity contribution in [3.05, 3.63) is 0 Å². The Hall–Kier alpha value is -0.690. The first kappa shape index (κ1) is 10.4. The quantitative estimate of drug-likeness (QED) is 0.343. The van der Waals surface area contributed by atoms with Crippen molar-refractivity contribution < 1.29 is 24.5 Å². The first-order valence-electron chi connectivity index (χ1n) is 3.19. The Morgan fingerprint density at radius 2 is 2.23 bits per heavy atom. The van der Waals surface area contributed by atoms with E-state index >= 15 is 0 Å². The van der Waals surface area contributed by atoms with Crippen LogP contribution in [0.1, 0.15) is 0 Å². The highest BCUT2D eigenvalue weighted by atomic mass is 32.5. The van der Waals surface area contributed by atoms with Crippen molar-refractivity contribution in [2.24, 2.45) is 0 Å². The lowest BCUT2D eigenvalue weighted by molar-refractivity contribution is -0.137. The molecule has 0 aromatic carbocycles. The van der Waals surface area contributed by atoms with Crippen molar-refractivity contribution in [3.8, 4) is 0 Å². The summed E-state index contributed by atoms with van der Waals surface area (Å²) < 4.78 is 0.683. The van der Waals surface area contributed by atoms with Gasteiger partial charge < -0.3 is 20.2 Å². The van der Waals surface area contributed by atoms with Crippen LogP contribution in [0.15, 0.2) is 0 Å². The predicted molar refractivity (Wildman–Crippen MR) is 45.4 cm³/mol. The predicted octanol–water partition coefficient (Wildman–Crippen LogP) is -1.33. The Balaban J connectivity index is 2.54. The van der Waals surface area contributed by atoms with Crippen LogP contribution in [0.2, 0.25) is 0 Å². The van der Waals surface area contributed by atoms with E-state index in [1.807, 2.05) is 5.32 Å². The number of nitrogens with one attached hydrogen (secondary N) is 1. The molecule has 1 saturated heterocycles. The van der Waals surface area contributed by atoms with E-state index in [-0.39, 0.29) is 6.54 Å². The Labute approximate surface area is 78.2 Å². The summed E-state index contributed by atoms with van der Waals surface area (Å²) in [5.41, 5.74) is 0. The van der Waals surface area contributed by atoms with Crippen molar-refractivity contribution in [1.29, 1.82) is 0 Å². The molecule has 0 spiro atoms. The summed E-state index contributed by atoms with van der Waals surface area (Å²) >= 11 is 4.25. The molecule has 7 nitrogen and oxygen atoms in total. The highest BCUT2D eigenvalue weighted by Crippen LogP contribution is 2.44. The van der Waals surface area contributed by atoms with Crippen LogP contribution in [0.3, 0.4) is 0 Å². The van der Waals surface area contributed by atoms with Crippen molar-refractivity contribution in [3.63, 3.8) is 0 Å². The van der Waals surface area contributed by atoms with E-state index in [1.165, 1.54) is 0 Å². The SMILES string of the molecule is O=C(O)NC1CN(P(O)(O)=S)C1=O. The van der Waals surface area contributed by atoms with E-state index in [4.69, 9.17) is 14.9 Å². The number of β-lactam (4-membered cyclic amide) rings is 1. The van der Waals surface area contributed by atoms with Gasteiger partial charge in [-0.2, -0.15) is 0 Å². The average molecular weight is 226 g/mol. The number of nitrogens with zero attached hydrogens (tertiary/aromatic N) is 1. The minimum absolute atomic E-state index is 0.0879. The Bertz CT molecular complexity index is 301. The summed E-state index contributed by atoms with van der Waals surface area (Å²) in [4.78, 5) is 38.8. The molecule has 1 heterocycles. The molecule has 1 atom stereocenters. The standard InChI is InChI=1S/C4H7N2O5PS/c7-3-2(5-4(8)9)1-6(3)12(10,11)13/h2,5H,1H2,(H,8,9)(H2,10,11,13). The maximum Gasteiger partial charge on any atom is 0.405 e. The van der Waals surface area contributed by atoms with Crippen LogP contribution in [-0.2, 0) is 16.6 Å². The van der Waals surface area contributed by atoms with Crippen LogP contribution < -0.4 is 5.32 Å². The van der Waals surface area contributed by atoms with Gasteiger partial charge in [-0.1, -0.05) is 0 Å². The number of rotatable bonds is 2. The highest BCUT2D eigenvalue weighted by molar-refractivity contribution is 8.08. The number of amides is 2. The molecule has 0 radical (unpaired) electrons. The van der Waals surface area contributed by atoms with E-state index in [9.17, 15) is 9.59 Å². The zero-order chi connectivity index (χ0) is 10.2. The maximum atomic E-state index is 11.0. The molecule has 1 rings (SSSR count). The lowest BCUT2D eigenvalue weighted by atomic mass is 10.2. The number of carbonyl (C=O) groups is 2. The second-order valence-corrected chi connectivity index (χ2v) is 5.41. The van der Waals surface area contributed by atoms with Crippen molar-refractivity contribution in [2.75, 3.05) is 6.54 Å². The molecule has 1 unspecified atom stereocenters. The van der Waals surface area contributed by atoms with Crippen molar-refractivity contribution in [1.82, 2.24) is 9.99 Å². The fraction of sp³-hybridized carbons (Fsp3) is 0.500. The Kier molecular flexibility index (Phi) is 2.58. The topological polar surface area (TPSA) is 110 Å². The smallest absolute Gasteiger partial charge is 0.405 e. The van der Waals surface area contributed by atoms with E-state index in [1.54, 1.807) is 0 Å². The van der Waals surface area contributed by atoms with E-state index in [2.05, 4.69) is 11.8 Å². The summed E-state index contributed by atoms with van der Waals surface area (Å²) in [5, 5.41) is 10.1. The summed E-state index contributed by atoms with van der Waals surface area (Å²) in [7, 11) is 0. The molecular formula is C4H7N2O5PS. The maximum absolute atomic E-state index is 11.0. The zero-order valence-corrected chi connectivity index (χ0v) is 7.96. The largest absolute Gasteiger partial charge is 0.465 e. The molecule has 4 N–H and O–H groups in total. The van der Waals surface area contributed by atoms with Gasteiger partial charge in [-0.05, 0) is 11.8 Å². The first-order valence-corrected chi connectivity index (χ1v) is 5.85. The molecule has 0 saturated carbocycles. The minimum Gasteiger partial charge on any atom is -0.465 e. The average Bonchev–Trinajstić information content (AvgIpc) is 1.93. The molecule has 1 aliphatic heterocycles. The van der Waals surface area contributed by atoms with Gasteiger partial charge in [0, 0.05) is 0 Å². The molecule has 13 heavy (non-hydrogen) atoms. The molecule has 2 amide bonds. The summed E-state index contributed by atoms with van der Waals surface area (Å²) in [6.45, 7) is -3.81. The number of hydrogen-bond acceptors (Lipinski definition) is 3. The molecule has 74 valence electrons. The number of carboxylic acid groups (broad SMARTS) is 1. The van der Waals surface area contributed by atoms with Crippen LogP contribution in [0, 0.1) is 0 Å². The van der Waals surface area contributed by atoms with Crippen LogP contribution in [0.25, 0.3) is 0 Å². The third-order valence-corrected chi connectivity index (χ3v) is 3.10. The summed E-state index contributed by atoms with van der Waals surface area (Å²) in [5.74, 6) is -0.698. The molecule has 1 aliphatic rings. The van der Waals surface area contributed by atoms with E-state index in [0.29, 0.717) is 4.67 Å². The van der Waals surface area contributed by atoms with Gasteiger partial charge >= 0.3 is 6.09 Å². The van der Waals surface area contributed by atoms with Gasteiger partial charge in [0.1, 0.15) is 6.04 Å². The van der Waals surface area contributed by atoms with E-state index < -0.39 is 24.7 Å². The monoisotopic (exact) mass is 226 g/mol. The highest BCUT2D eigenvalue weighted by Gasteiger charge is 2.44. The molecule has 0 bridgehead atoms. The molecule has 1 fully saturated rings. The molecular weight excluding hydrogens is 219 g/mol. The minimum atomic E-state index is -3.72. The van der Waals surface area contributed by atoms with Crippen LogP contribution in [-0.4, -0.2) is 44.2 Å². The second-order valence-electron chi connectivity index (χ2n) is 2.44. The third kappa shape index (κ3) is 2.16. The Morgan fingerprint density at radius 3 is 2.54 bits per heavy atom. The van der Waals surface area contributed by atoms with Gasteiger partial charge in [-0.15, -0.1) is 0 Å². The molecule has 0 aromatic heterocycles. The normalized spacial score (nSPS) is 22.5. The molecule has 0 aliphatic carbocycles. The van der Waals surface area contributed by atoms with Gasteiger partial charge in [-0.25, -0.2) is 4.79 Å². The van der Waals surface area contributed by atoms with Crippen LogP contribution in [0.5, 0.6) is 0 Å². The number of carbonyl (C=O) groups excluding carboxylic acids is 1. The second kappa shape index (κ2) is 3.22. The fourth-order valence-corrected chi connectivity index (χ4v) is 2.11. The van der Waals surface area contributed by atoms with Gasteiger partial charge in [0.15, 0.2) is 0 Å². The number of hydrogen-bond donors (Lipinski definition) is 4. The van der Waals surface area contributed by atoms with Crippen molar-refractivity contribution in [2.45, 2.75) is 6.04 Å². The fourth-order valence-electron chi connectivity index (χ4n) is 0.900. The van der Waals surface area contributed by atoms with E-state index in [0.717, 1.165) is 0 Å². The first-order chi connectivity index (χ1) is 5.82. The summed E-state index contributed by atoms with van der Waals surface area (Å²) in [6.07, 6.45) is -1.33. The Morgan fingerprint density at radius 1 is 1.69 bits per heavy atom. The third-order valence-electron chi connectivity index (χ3n) is 1.52. The van der Waals surface area contributed by atoms with Crippen LogP contribution in [0.4, 0.5) is 4.79 Å². The van der Waals surface area contributed by atoms with Gasteiger partial charge in [0.2, 0.25) is 0 Å². The lowest BCUT2D eigenvalue weighted by Crippen LogP contribution is -2.61. The van der Waals surface area contributed by atoms with Gasteiger partial charge in [0.05, 0.1) is 6.54 Å². The lowest BCUT2D eigenvalue weighted by Gasteiger charge is -2.39.